The van der Waals surface area contributed by atoms with Crippen molar-refractivity contribution in [1.82, 2.24) is 0 Å². The van der Waals surface area contributed by atoms with E-state index in [2.05, 4.69) is 10.6 Å². The van der Waals surface area contributed by atoms with Gasteiger partial charge in [0.1, 0.15) is 0 Å². The number of esters is 1. The zero-order valence-electron chi connectivity index (χ0n) is 12.9. The second-order valence-corrected chi connectivity index (χ2v) is 5.61. The lowest BCUT2D eigenvalue weighted by Gasteiger charge is -2.13. The van der Waals surface area contributed by atoms with E-state index in [1.165, 1.54) is 0 Å². The van der Waals surface area contributed by atoms with Crippen molar-refractivity contribution < 1.29 is 9.53 Å². The van der Waals surface area contributed by atoms with E-state index in [9.17, 15) is 4.79 Å². The van der Waals surface area contributed by atoms with Crippen LogP contribution in [0.5, 0.6) is 0 Å². The summed E-state index contributed by atoms with van der Waals surface area (Å²) in [7, 11) is 0. The van der Waals surface area contributed by atoms with Gasteiger partial charge in [0.2, 0.25) is 0 Å². The van der Waals surface area contributed by atoms with Gasteiger partial charge in [-0.1, -0.05) is 23.7 Å². The van der Waals surface area contributed by atoms with Crippen molar-refractivity contribution in [3.8, 4) is 0 Å². The van der Waals surface area contributed by atoms with Crippen LogP contribution < -0.4 is 10.6 Å². The number of ether oxygens (including phenoxy) is 1. The molecule has 0 atom stereocenters. The summed E-state index contributed by atoms with van der Waals surface area (Å²) in [5.74, 6) is -0.360. The smallest absolute Gasteiger partial charge is 0.338 e. The predicted octanol–water partition coefficient (Wildman–Crippen LogP) is 4.63. The Morgan fingerprint density at radius 3 is 2.70 bits per heavy atom. The standard InChI is InChI=1S/C17H17ClN2O2S/c1-3-22-16(21)12-6-4-7-13(10-12)19-17(23)20-15-9-5-8-14(18)11(15)2/h4-10H,3H2,1-2H3,(H2,19,20,23). The molecule has 6 heteroatoms. The van der Waals surface area contributed by atoms with E-state index in [1.807, 2.05) is 31.2 Å². The van der Waals surface area contributed by atoms with Crippen LogP contribution in [0.4, 0.5) is 11.4 Å². The Bertz CT molecular complexity index is 734. The minimum Gasteiger partial charge on any atom is -0.462 e. The minimum atomic E-state index is -0.360. The normalized spacial score (nSPS) is 10.0. The zero-order chi connectivity index (χ0) is 16.8. The monoisotopic (exact) mass is 348 g/mol. The third-order valence-corrected chi connectivity index (χ3v) is 3.76. The highest BCUT2D eigenvalue weighted by Crippen LogP contribution is 2.23. The third kappa shape index (κ3) is 4.68. The molecule has 0 spiro atoms. The lowest BCUT2D eigenvalue weighted by Crippen LogP contribution is -2.20. The average molecular weight is 349 g/mol. The highest BCUT2D eigenvalue weighted by Gasteiger charge is 2.08. The molecule has 2 N–H and O–H groups in total. The number of thiocarbonyl (C=S) groups is 1. The summed E-state index contributed by atoms with van der Waals surface area (Å²) >= 11 is 11.4. The Hall–Kier alpha value is -2.11. The van der Waals surface area contributed by atoms with Crippen molar-refractivity contribution in [2.45, 2.75) is 13.8 Å². The van der Waals surface area contributed by atoms with Gasteiger partial charge in [-0.2, -0.15) is 0 Å². The van der Waals surface area contributed by atoms with Gasteiger partial charge >= 0.3 is 5.97 Å². The molecule has 23 heavy (non-hydrogen) atoms. The molecular formula is C17H17ClN2O2S. The highest BCUT2D eigenvalue weighted by atomic mass is 35.5. The molecule has 0 radical (unpaired) electrons. The maximum Gasteiger partial charge on any atom is 0.338 e. The lowest BCUT2D eigenvalue weighted by atomic mass is 10.2. The molecule has 0 aliphatic carbocycles. The summed E-state index contributed by atoms with van der Waals surface area (Å²) in [6.45, 7) is 4.02. The van der Waals surface area contributed by atoms with Crippen LogP contribution in [-0.4, -0.2) is 17.7 Å². The van der Waals surface area contributed by atoms with Crippen molar-refractivity contribution in [2.24, 2.45) is 0 Å². The summed E-state index contributed by atoms with van der Waals surface area (Å²) in [4.78, 5) is 11.7. The van der Waals surface area contributed by atoms with Gasteiger partial charge in [-0.3, -0.25) is 0 Å². The maximum absolute atomic E-state index is 11.7. The first-order valence-electron chi connectivity index (χ1n) is 7.11. The van der Waals surface area contributed by atoms with E-state index in [0.717, 1.165) is 11.3 Å². The number of carbonyl (C=O) groups excluding carboxylic acids is 1. The molecule has 120 valence electrons. The SMILES string of the molecule is CCOC(=O)c1cccc(NC(=S)Nc2cccc(Cl)c2C)c1. The number of anilines is 2. The van der Waals surface area contributed by atoms with E-state index in [1.54, 1.807) is 25.1 Å². The maximum atomic E-state index is 11.7. The van der Waals surface area contributed by atoms with Crippen molar-refractivity contribution >= 4 is 46.3 Å². The van der Waals surface area contributed by atoms with Crippen LogP contribution in [0, 0.1) is 6.92 Å². The summed E-state index contributed by atoms with van der Waals surface area (Å²) in [5, 5.41) is 7.22. The van der Waals surface area contributed by atoms with Crippen molar-refractivity contribution in [1.29, 1.82) is 0 Å². The van der Waals surface area contributed by atoms with Crippen molar-refractivity contribution in [3.63, 3.8) is 0 Å². The summed E-state index contributed by atoms with van der Waals surface area (Å²) in [6, 6.07) is 12.5. The summed E-state index contributed by atoms with van der Waals surface area (Å²) in [5.41, 5.74) is 2.92. The van der Waals surface area contributed by atoms with E-state index < -0.39 is 0 Å². The predicted molar refractivity (Wildman–Crippen MR) is 98.4 cm³/mol. The Balaban J connectivity index is 2.07. The second-order valence-electron chi connectivity index (χ2n) is 4.79. The molecule has 2 aromatic carbocycles. The van der Waals surface area contributed by atoms with Crippen LogP contribution in [0.15, 0.2) is 42.5 Å². The Kier molecular flexibility index (Phi) is 5.96. The number of halogens is 1. The van der Waals surface area contributed by atoms with E-state index in [4.69, 9.17) is 28.6 Å². The second kappa shape index (κ2) is 7.94. The van der Waals surface area contributed by atoms with E-state index in [0.29, 0.717) is 28.0 Å². The fourth-order valence-corrected chi connectivity index (χ4v) is 2.37. The van der Waals surface area contributed by atoms with Gasteiger partial charge < -0.3 is 15.4 Å². The molecule has 4 nitrogen and oxygen atoms in total. The first-order chi connectivity index (χ1) is 11.0. The number of benzene rings is 2. The van der Waals surface area contributed by atoms with Crippen LogP contribution in [0.2, 0.25) is 5.02 Å². The van der Waals surface area contributed by atoms with Gasteiger partial charge in [-0.05, 0) is 62.0 Å². The largest absolute Gasteiger partial charge is 0.462 e. The van der Waals surface area contributed by atoms with Gasteiger partial charge in [-0.25, -0.2) is 4.79 Å². The fourth-order valence-electron chi connectivity index (χ4n) is 1.97. The van der Waals surface area contributed by atoms with Crippen LogP contribution >= 0.6 is 23.8 Å². The first-order valence-corrected chi connectivity index (χ1v) is 7.90. The van der Waals surface area contributed by atoms with Gasteiger partial charge in [0, 0.05) is 16.4 Å². The molecule has 2 aromatic rings. The number of hydrogen-bond donors (Lipinski definition) is 2. The molecule has 0 amide bonds. The fraction of sp³-hybridized carbons (Fsp3) is 0.176. The summed E-state index contributed by atoms with van der Waals surface area (Å²) < 4.78 is 4.98. The molecular weight excluding hydrogens is 332 g/mol. The van der Waals surface area contributed by atoms with Gasteiger partial charge in [0.05, 0.1) is 12.2 Å². The number of hydrogen-bond acceptors (Lipinski definition) is 3. The molecule has 2 rings (SSSR count). The molecule has 0 fully saturated rings. The van der Waals surface area contributed by atoms with Gasteiger partial charge in [0.15, 0.2) is 5.11 Å². The van der Waals surface area contributed by atoms with E-state index in [-0.39, 0.29) is 5.97 Å². The molecule has 0 heterocycles. The number of rotatable bonds is 4. The molecule has 0 saturated carbocycles. The molecule has 0 bridgehead atoms. The molecule has 0 aliphatic heterocycles. The Morgan fingerprint density at radius 2 is 1.96 bits per heavy atom. The third-order valence-electron chi connectivity index (χ3n) is 3.15. The zero-order valence-corrected chi connectivity index (χ0v) is 14.4. The quantitative estimate of drug-likeness (QED) is 0.623. The number of nitrogens with one attached hydrogen (secondary N) is 2. The van der Waals surface area contributed by atoms with Crippen LogP contribution in [0.3, 0.4) is 0 Å². The molecule has 0 unspecified atom stereocenters. The minimum absolute atomic E-state index is 0.338. The lowest BCUT2D eigenvalue weighted by molar-refractivity contribution is 0.0526. The molecule has 0 aliphatic rings. The van der Waals surface area contributed by atoms with Gasteiger partial charge in [0.25, 0.3) is 0 Å². The van der Waals surface area contributed by atoms with Crippen molar-refractivity contribution in [2.75, 3.05) is 17.2 Å². The highest BCUT2D eigenvalue weighted by molar-refractivity contribution is 7.80. The van der Waals surface area contributed by atoms with Gasteiger partial charge in [-0.15, -0.1) is 0 Å². The van der Waals surface area contributed by atoms with Crippen LogP contribution in [0.1, 0.15) is 22.8 Å². The van der Waals surface area contributed by atoms with Crippen LogP contribution in [-0.2, 0) is 4.74 Å². The van der Waals surface area contributed by atoms with E-state index >= 15 is 0 Å². The molecule has 0 saturated heterocycles. The average Bonchev–Trinajstić information content (AvgIpc) is 2.52. The Morgan fingerprint density at radius 1 is 1.22 bits per heavy atom. The molecule has 0 aromatic heterocycles. The number of carbonyl (C=O) groups is 1. The summed E-state index contributed by atoms with van der Waals surface area (Å²) in [6.07, 6.45) is 0. The first kappa shape index (κ1) is 17.2. The Labute approximate surface area is 145 Å². The van der Waals surface area contributed by atoms with Crippen LogP contribution in [0.25, 0.3) is 0 Å². The van der Waals surface area contributed by atoms with Crippen molar-refractivity contribution in [3.05, 3.63) is 58.6 Å². The topological polar surface area (TPSA) is 50.4 Å².